The molecule has 66 valence electrons. The number of hydrogen-bond acceptors (Lipinski definition) is 3. The Morgan fingerprint density at radius 3 is 2.92 bits per heavy atom. The van der Waals surface area contributed by atoms with Gasteiger partial charge in [0.15, 0.2) is 4.67 Å². The van der Waals surface area contributed by atoms with E-state index in [-0.39, 0.29) is 0 Å². The molecule has 0 saturated carbocycles. The van der Waals surface area contributed by atoms with E-state index in [1.807, 2.05) is 0 Å². The van der Waals surface area contributed by atoms with Crippen LogP contribution in [0.4, 0.5) is 0 Å². The summed E-state index contributed by atoms with van der Waals surface area (Å²) in [6.07, 6.45) is 0.715. The van der Waals surface area contributed by atoms with Gasteiger partial charge in [0, 0.05) is 6.54 Å². The monoisotopic (exact) mass is 231 g/mol. The maximum atomic E-state index is 10.00. The Labute approximate surface area is 78.9 Å². The molecule has 0 spiro atoms. The summed E-state index contributed by atoms with van der Waals surface area (Å²) < 4.78 is 5.96. The van der Waals surface area contributed by atoms with Crippen LogP contribution in [0.15, 0.2) is 21.2 Å². The first kappa shape index (κ1) is 8.29. The molecule has 0 amide bonds. The maximum absolute atomic E-state index is 10.00. The van der Waals surface area contributed by atoms with Crippen molar-refractivity contribution < 1.29 is 9.52 Å². The van der Waals surface area contributed by atoms with Crippen molar-refractivity contribution in [2.24, 2.45) is 0 Å². The van der Waals surface area contributed by atoms with E-state index in [2.05, 4.69) is 21.2 Å². The van der Waals surface area contributed by atoms with E-state index in [0.29, 0.717) is 23.4 Å². The van der Waals surface area contributed by atoms with Crippen LogP contribution >= 0.6 is 15.9 Å². The van der Waals surface area contributed by atoms with E-state index in [1.165, 1.54) is 0 Å². The standard InChI is InChI=1S/C8H10BrNO2/c9-7-2-1-6(12-7)8(11)3-4-10-5-8/h1-2,10-11H,3-5H2. The molecule has 1 aromatic rings. The molecule has 0 aliphatic carbocycles. The molecule has 1 unspecified atom stereocenters. The fourth-order valence-electron chi connectivity index (χ4n) is 1.45. The van der Waals surface area contributed by atoms with Crippen molar-refractivity contribution in [2.75, 3.05) is 13.1 Å². The average Bonchev–Trinajstić information content (AvgIpc) is 2.59. The van der Waals surface area contributed by atoms with Gasteiger partial charge in [-0.15, -0.1) is 0 Å². The Morgan fingerprint density at radius 1 is 1.58 bits per heavy atom. The van der Waals surface area contributed by atoms with Crippen LogP contribution in [-0.4, -0.2) is 18.2 Å². The molecule has 4 heteroatoms. The number of nitrogens with one attached hydrogen (secondary N) is 1. The van der Waals surface area contributed by atoms with Crippen molar-refractivity contribution in [1.29, 1.82) is 0 Å². The number of β-amino-alcohol motifs (C(OH)–C–C–N with tert-alkyl or cyclic N) is 1. The van der Waals surface area contributed by atoms with Gasteiger partial charge in [-0.3, -0.25) is 0 Å². The molecule has 2 N–H and O–H groups in total. The van der Waals surface area contributed by atoms with Gasteiger partial charge in [-0.05, 0) is 41.0 Å². The number of aliphatic hydroxyl groups is 1. The van der Waals surface area contributed by atoms with E-state index < -0.39 is 5.60 Å². The quantitative estimate of drug-likeness (QED) is 0.765. The first-order valence-electron chi connectivity index (χ1n) is 3.90. The SMILES string of the molecule is OC1(c2ccc(Br)o2)CCNC1. The lowest BCUT2D eigenvalue weighted by Crippen LogP contribution is -2.27. The second-order valence-corrected chi connectivity index (χ2v) is 3.84. The van der Waals surface area contributed by atoms with Gasteiger partial charge < -0.3 is 14.8 Å². The third-order valence-corrected chi connectivity index (χ3v) is 2.59. The molecular weight excluding hydrogens is 222 g/mol. The van der Waals surface area contributed by atoms with Crippen molar-refractivity contribution in [2.45, 2.75) is 12.0 Å². The van der Waals surface area contributed by atoms with E-state index >= 15 is 0 Å². The Balaban J connectivity index is 2.28. The molecule has 0 radical (unpaired) electrons. The van der Waals surface area contributed by atoms with Crippen molar-refractivity contribution in [3.63, 3.8) is 0 Å². The first-order valence-corrected chi connectivity index (χ1v) is 4.69. The summed E-state index contributed by atoms with van der Waals surface area (Å²) in [6, 6.07) is 3.60. The summed E-state index contributed by atoms with van der Waals surface area (Å²) in [5, 5.41) is 13.1. The van der Waals surface area contributed by atoms with E-state index in [0.717, 1.165) is 6.54 Å². The van der Waals surface area contributed by atoms with Crippen molar-refractivity contribution in [1.82, 2.24) is 5.32 Å². The molecule has 1 saturated heterocycles. The lowest BCUT2D eigenvalue weighted by molar-refractivity contribution is 0.0347. The highest BCUT2D eigenvalue weighted by molar-refractivity contribution is 9.10. The third kappa shape index (κ3) is 1.30. The fourth-order valence-corrected chi connectivity index (χ4v) is 1.76. The summed E-state index contributed by atoms with van der Waals surface area (Å²) >= 11 is 3.21. The Morgan fingerprint density at radius 2 is 2.42 bits per heavy atom. The predicted molar refractivity (Wildman–Crippen MR) is 47.8 cm³/mol. The lowest BCUT2D eigenvalue weighted by Gasteiger charge is -2.17. The minimum atomic E-state index is -0.800. The fraction of sp³-hybridized carbons (Fsp3) is 0.500. The van der Waals surface area contributed by atoms with Gasteiger partial charge in [-0.2, -0.15) is 0 Å². The first-order chi connectivity index (χ1) is 5.71. The molecule has 2 heterocycles. The zero-order valence-corrected chi connectivity index (χ0v) is 8.10. The van der Waals surface area contributed by atoms with E-state index in [9.17, 15) is 5.11 Å². The van der Waals surface area contributed by atoms with Crippen LogP contribution in [-0.2, 0) is 5.60 Å². The van der Waals surface area contributed by atoms with E-state index in [1.54, 1.807) is 12.1 Å². The van der Waals surface area contributed by atoms with Crippen LogP contribution in [0.1, 0.15) is 12.2 Å². The minimum absolute atomic E-state index is 0.576. The largest absolute Gasteiger partial charge is 0.451 e. The van der Waals surface area contributed by atoms with Gasteiger partial charge >= 0.3 is 0 Å². The van der Waals surface area contributed by atoms with Gasteiger partial charge in [0.25, 0.3) is 0 Å². The third-order valence-electron chi connectivity index (χ3n) is 2.16. The second kappa shape index (κ2) is 2.87. The Hall–Kier alpha value is -0.320. The zero-order valence-electron chi connectivity index (χ0n) is 6.51. The molecule has 3 nitrogen and oxygen atoms in total. The van der Waals surface area contributed by atoms with E-state index in [4.69, 9.17) is 4.42 Å². The molecule has 2 rings (SSSR count). The molecule has 0 bridgehead atoms. The molecule has 0 aromatic carbocycles. The number of furan rings is 1. The molecule has 1 aromatic heterocycles. The smallest absolute Gasteiger partial charge is 0.169 e. The summed E-state index contributed by atoms with van der Waals surface area (Å²) in [5.41, 5.74) is -0.800. The van der Waals surface area contributed by atoms with Gasteiger partial charge in [-0.25, -0.2) is 0 Å². The summed E-state index contributed by atoms with van der Waals surface area (Å²) in [4.78, 5) is 0. The van der Waals surface area contributed by atoms with Gasteiger partial charge in [0.2, 0.25) is 0 Å². The number of rotatable bonds is 1. The molecule has 12 heavy (non-hydrogen) atoms. The Kier molecular flexibility index (Phi) is 1.98. The van der Waals surface area contributed by atoms with Gasteiger partial charge in [0.1, 0.15) is 11.4 Å². The second-order valence-electron chi connectivity index (χ2n) is 3.06. The van der Waals surface area contributed by atoms with Gasteiger partial charge in [0.05, 0.1) is 0 Å². The average molecular weight is 232 g/mol. The van der Waals surface area contributed by atoms with Crippen molar-refractivity contribution >= 4 is 15.9 Å². The summed E-state index contributed by atoms with van der Waals surface area (Å²) in [7, 11) is 0. The molecule has 1 atom stereocenters. The van der Waals surface area contributed by atoms with Crippen LogP contribution in [0.5, 0.6) is 0 Å². The van der Waals surface area contributed by atoms with Gasteiger partial charge in [-0.1, -0.05) is 0 Å². The molecule has 1 fully saturated rings. The number of hydrogen-bond donors (Lipinski definition) is 2. The normalized spacial score (nSPS) is 29.5. The van der Waals surface area contributed by atoms with Crippen LogP contribution in [0.25, 0.3) is 0 Å². The van der Waals surface area contributed by atoms with Crippen LogP contribution < -0.4 is 5.32 Å². The van der Waals surface area contributed by atoms with Crippen LogP contribution in [0, 0.1) is 0 Å². The summed E-state index contributed by atoms with van der Waals surface area (Å²) in [5.74, 6) is 0.638. The highest BCUT2D eigenvalue weighted by Gasteiger charge is 2.35. The minimum Gasteiger partial charge on any atom is -0.451 e. The van der Waals surface area contributed by atoms with Crippen molar-refractivity contribution in [3.05, 3.63) is 22.6 Å². The molecule has 1 aliphatic heterocycles. The molecule has 1 aliphatic rings. The van der Waals surface area contributed by atoms with Crippen molar-refractivity contribution in [3.8, 4) is 0 Å². The Bertz CT molecular complexity index is 278. The zero-order chi connectivity index (χ0) is 8.60. The lowest BCUT2D eigenvalue weighted by atomic mass is 10.0. The van der Waals surface area contributed by atoms with Crippen LogP contribution in [0.3, 0.4) is 0 Å². The highest BCUT2D eigenvalue weighted by Crippen LogP contribution is 2.30. The topological polar surface area (TPSA) is 45.4 Å². The van der Waals surface area contributed by atoms with Crippen LogP contribution in [0.2, 0.25) is 0 Å². The molecular formula is C8H10BrNO2. The predicted octanol–water partition coefficient (Wildman–Crippen LogP) is 1.22. The maximum Gasteiger partial charge on any atom is 0.169 e. The number of halogens is 1. The summed E-state index contributed by atoms with van der Waals surface area (Å²) in [6.45, 7) is 1.42. The highest BCUT2D eigenvalue weighted by atomic mass is 79.9.